The smallest absolute Gasteiger partial charge is 0.0178 e. The first kappa shape index (κ1) is 14.9. The quantitative estimate of drug-likeness (QED) is 0.650. The standard InChI is InChI=1S/C19H27N/c1-15-10-11-19(14-17(15)3)16(2)8-5-6-12-20-13-7-9-18(20)4/h10-11,14H,2,4-9,12-13H2,1,3H3. The SMILES string of the molecule is C=C(CCCCN1CCCC1=C)c1ccc(C)c(C)c1. The second-order valence-corrected chi connectivity index (χ2v) is 6.02. The van der Waals surface area contributed by atoms with Gasteiger partial charge >= 0.3 is 0 Å². The van der Waals surface area contributed by atoms with Crippen LogP contribution in [-0.4, -0.2) is 18.0 Å². The lowest BCUT2D eigenvalue weighted by atomic mass is 9.98. The molecule has 1 aromatic carbocycles. The molecule has 0 aliphatic carbocycles. The molecule has 1 fully saturated rings. The number of aryl methyl sites for hydroxylation is 2. The van der Waals surface area contributed by atoms with Gasteiger partial charge in [-0.15, -0.1) is 0 Å². The highest BCUT2D eigenvalue weighted by molar-refractivity contribution is 5.64. The van der Waals surface area contributed by atoms with Crippen molar-refractivity contribution in [3.8, 4) is 0 Å². The Morgan fingerprint density at radius 3 is 2.65 bits per heavy atom. The minimum atomic E-state index is 1.10. The van der Waals surface area contributed by atoms with Crippen LogP contribution in [-0.2, 0) is 0 Å². The van der Waals surface area contributed by atoms with Crippen LogP contribution < -0.4 is 0 Å². The van der Waals surface area contributed by atoms with E-state index in [-0.39, 0.29) is 0 Å². The molecular formula is C19H27N. The fourth-order valence-electron chi connectivity index (χ4n) is 2.81. The molecular weight excluding hydrogens is 242 g/mol. The van der Waals surface area contributed by atoms with Crippen molar-refractivity contribution >= 4 is 5.57 Å². The highest BCUT2D eigenvalue weighted by Gasteiger charge is 2.13. The zero-order valence-electron chi connectivity index (χ0n) is 13.0. The Bertz CT molecular complexity index is 498. The Morgan fingerprint density at radius 1 is 1.20 bits per heavy atom. The molecule has 0 amide bonds. The fraction of sp³-hybridized carbons (Fsp3) is 0.474. The number of rotatable bonds is 6. The van der Waals surface area contributed by atoms with Gasteiger partial charge in [0, 0.05) is 18.8 Å². The molecule has 108 valence electrons. The van der Waals surface area contributed by atoms with Gasteiger partial charge in [0.15, 0.2) is 0 Å². The van der Waals surface area contributed by atoms with E-state index in [4.69, 9.17) is 0 Å². The second kappa shape index (κ2) is 6.78. The lowest BCUT2D eigenvalue weighted by Gasteiger charge is -2.19. The Kier molecular flexibility index (Phi) is 5.05. The van der Waals surface area contributed by atoms with Crippen molar-refractivity contribution in [2.24, 2.45) is 0 Å². The van der Waals surface area contributed by atoms with Crippen LogP contribution in [0.1, 0.15) is 48.8 Å². The van der Waals surface area contributed by atoms with Gasteiger partial charge in [-0.05, 0) is 68.2 Å². The molecule has 1 nitrogen and oxygen atoms in total. The van der Waals surface area contributed by atoms with Crippen molar-refractivity contribution in [3.63, 3.8) is 0 Å². The van der Waals surface area contributed by atoms with E-state index in [9.17, 15) is 0 Å². The van der Waals surface area contributed by atoms with Crippen LogP contribution in [0, 0.1) is 13.8 Å². The van der Waals surface area contributed by atoms with Crippen LogP contribution in [0.5, 0.6) is 0 Å². The summed E-state index contributed by atoms with van der Waals surface area (Å²) in [5.41, 5.74) is 6.62. The third-order valence-electron chi connectivity index (χ3n) is 4.41. The second-order valence-electron chi connectivity index (χ2n) is 6.02. The van der Waals surface area contributed by atoms with E-state index in [0.29, 0.717) is 0 Å². The third kappa shape index (κ3) is 3.75. The Labute approximate surface area is 124 Å². The topological polar surface area (TPSA) is 3.24 Å². The van der Waals surface area contributed by atoms with Gasteiger partial charge in [-0.25, -0.2) is 0 Å². The molecule has 0 spiro atoms. The van der Waals surface area contributed by atoms with Gasteiger partial charge in [-0.3, -0.25) is 0 Å². The molecule has 1 aliphatic heterocycles. The van der Waals surface area contributed by atoms with Gasteiger partial charge in [0.25, 0.3) is 0 Å². The molecule has 0 N–H and O–H groups in total. The summed E-state index contributed by atoms with van der Waals surface area (Å²) in [4.78, 5) is 2.44. The van der Waals surface area contributed by atoms with Gasteiger partial charge in [0.05, 0.1) is 0 Å². The van der Waals surface area contributed by atoms with E-state index < -0.39 is 0 Å². The highest BCUT2D eigenvalue weighted by Crippen LogP contribution is 2.23. The molecule has 1 aromatic rings. The highest BCUT2D eigenvalue weighted by atomic mass is 15.1. The van der Waals surface area contributed by atoms with Gasteiger partial charge in [-0.2, -0.15) is 0 Å². The van der Waals surface area contributed by atoms with Crippen LogP contribution in [0.4, 0.5) is 0 Å². The van der Waals surface area contributed by atoms with Crippen molar-refractivity contribution < 1.29 is 0 Å². The summed E-state index contributed by atoms with van der Waals surface area (Å²) in [6, 6.07) is 6.66. The molecule has 0 saturated carbocycles. The predicted molar refractivity (Wildman–Crippen MR) is 88.7 cm³/mol. The molecule has 2 rings (SSSR count). The van der Waals surface area contributed by atoms with E-state index in [0.717, 1.165) is 6.42 Å². The predicted octanol–water partition coefficient (Wildman–Crippen LogP) is 5.10. The lowest BCUT2D eigenvalue weighted by molar-refractivity contribution is 0.382. The molecule has 0 unspecified atom stereocenters. The number of hydrogen-bond donors (Lipinski definition) is 0. The third-order valence-corrected chi connectivity index (χ3v) is 4.41. The number of unbranched alkanes of at least 4 members (excludes halogenated alkanes) is 1. The van der Waals surface area contributed by atoms with E-state index in [1.165, 1.54) is 66.7 Å². The first-order valence-corrected chi connectivity index (χ1v) is 7.76. The maximum Gasteiger partial charge on any atom is 0.0178 e. The maximum atomic E-state index is 4.25. The van der Waals surface area contributed by atoms with E-state index in [1.807, 2.05) is 0 Å². The van der Waals surface area contributed by atoms with Gasteiger partial charge in [-0.1, -0.05) is 31.4 Å². The van der Waals surface area contributed by atoms with Crippen molar-refractivity contribution in [2.75, 3.05) is 13.1 Å². The number of hydrogen-bond acceptors (Lipinski definition) is 1. The Balaban J connectivity index is 1.74. The molecule has 0 radical (unpaired) electrons. The number of allylic oxidation sites excluding steroid dienone is 2. The maximum absolute atomic E-state index is 4.25. The fourth-order valence-corrected chi connectivity index (χ4v) is 2.81. The summed E-state index contributed by atoms with van der Waals surface area (Å²) in [5, 5.41) is 0. The molecule has 1 heterocycles. The van der Waals surface area contributed by atoms with Crippen LogP contribution >= 0.6 is 0 Å². The molecule has 1 saturated heterocycles. The van der Waals surface area contributed by atoms with Gasteiger partial charge in [0.1, 0.15) is 0 Å². The number of likely N-dealkylation sites (tertiary alicyclic amines) is 1. The van der Waals surface area contributed by atoms with Crippen molar-refractivity contribution in [1.82, 2.24) is 4.90 Å². The summed E-state index contributed by atoms with van der Waals surface area (Å²) in [7, 11) is 0. The van der Waals surface area contributed by atoms with Crippen molar-refractivity contribution in [2.45, 2.75) is 46.0 Å². The first-order valence-electron chi connectivity index (χ1n) is 7.76. The van der Waals surface area contributed by atoms with E-state index in [1.54, 1.807) is 0 Å². The molecule has 0 bridgehead atoms. The van der Waals surface area contributed by atoms with E-state index in [2.05, 4.69) is 50.1 Å². The minimum absolute atomic E-state index is 1.10. The van der Waals surface area contributed by atoms with Gasteiger partial charge in [0.2, 0.25) is 0 Å². The van der Waals surface area contributed by atoms with Crippen LogP contribution in [0.25, 0.3) is 5.57 Å². The zero-order valence-corrected chi connectivity index (χ0v) is 13.0. The number of nitrogens with zero attached hydrogens (tertiary/aromatic N) is 1. The van der Waals surface area contributed by atoms with Crippen molar-refractivity contribution in [3.05, 3.63) is 53.7 Å². The summed E-state index contributed by atoms with van der Waals surface area (Å²) < 4.78 is 0. The molecule has 1 aliphatic rings. The minimum Gasteiger partial charge on any atom is -0.375 e. The lowest BCUT2D eigenvalue weighted by Crippen LogP contribution is -2.18. The largest absolute Gasteiger partial charge is 0.375 e. The van der Waals surface area contributed by atoms with Gasteiger partial charge < -0.3 is 4.90 Å². The average molecular weight is 269 g/mol. The molecule has 0 aromatic heterocycles. The molecule has 1 heteroatoms. The summed E-state index contributed by atoms with van der Waals surface area (Å²) in [6.07, 6.45) is 6.03. The van der Waals surface area contributed by atoms with Crippen molar-refractivity contribution in [1.29, 1.82) is 0 Å². The molecule has 20 heavy (non-hydrogen) atoms. The number of benzene rings is 1. The Morgan fingerprint density at radius 2 is 2.00 bits per heavy atom. The zero-order chi connectivity index (χ0) is 14.5. The molecule has 0 atom stereocenters. The summed E-state index contributed by atoms with van der Waals surface area (Å²) >= 11 is 0. The summed E-state index contributed by atoms with van der Waals surface area (Å²) in [6.45, 7) is 15.1. The average Bonchev–Trinajstić information content (AvgIpc) is 2.83. The first-order chi connectivity index (χ1) is 9.58. The monoisotopic (exact) mass is 269 g/mol. The Hall–Kier alpha value is -1.50. The van der Waals surface area contributed by atoms with Crippen LogP contribution in [0.15, 0.2) is 37.1 Å². The normalized spacial score (nSPS) is 14.9. The summed E-state index contributed by atoms with van der Waals surface area (Å²) in [5.74, 6) is 0. The van der Waals surface area contributed by atoms with Crippen LogP contribution in [0.2, 0.25) is 0 Å². The van der Waals surface area contributed by atoms with E-state index >= 15 is 0 Å². The van der Waals surface area contributed by atoms with Crippen LogP contribution in [0.3, 0.4) is 0 Å².